The van der Waals surface area contributed by atoms with Crippen LogP contribution in [0.25, 0.3) is 0 Å². The van der Waals surface area contributed by atoms with Gasteiger partial charge in [0.05, 0.1) is 11.8 Å². The number of halogens is 1. The summed E-state index contributed by atoms with van der Waals surface area (Å²) in [6.07, 6.45) is 0.681. The van der Waals surface area contributed by atoms with Crippen LogP contribution in [0.5, 0.6) is 0 Å². The van der Waals surface area contributed by atoms with E-state index in [0.717, 1.165) is 17.0 Å². The lowest BCUT2D eigenvalue weighted by atomic mass is 10.0. The maximum absolute atomic E-state index is 13.6. The third-order valence-corrected chi connectivity index (χ3v) is 5.44. The second kappa shape index (κ2) is 7.35. The predicted molar refractivity (Wildman–Crippen MR) is 109 cm³/mol. The first-order chi connectivity index (χ1) is 12.7. The van der Waals surface area contributed by atoms with Crippen LogP contribution in [-0.2, 0) is 0 Å². The van der Waals surface area contributed by atoms with Gasteiger partial charge in [-0.15, -0.1) is 11.3 Å². The zero-order chi connectivity index (χ0) is 17.9. The van der Waals surface area contributed by atoms with E-state index in [1.165, 1.54) is 17.0 Å². The van der Waals surface area contributed by atoms with Gasteiger partial charge in [-0.3, -0.25) is 0 Å². The summed E-state index contributed by atoms with van der Waals surface area (Å²) in [5.74, 6) is -0.263. The zero-order valence-corrected chi connectivity index (χ0v) is 15.4. The molecule has 3 aromatic rings. The van der Waals surface area contributed by atoms with Gasteiger partial charge in [-0.2, -0.15) is 5.10 Å². The number of nitrogens with zero attached hydrogens (tertiary/aromatic N) is 2. The van der Waals surface area contributed by atoms with Gasteiger partial charge in [0.15, 0.2) is 5.11 Å². The van der Waals surface area contributed by atoms with E-state index in [1.807, 2.05) is 52.9 Å². The summed E-state index contributed by atoms with van der Waals surface area (Å²) in [5.41, 5.74) is 2.54. The quantitative estimate of drug-likeness (QED) is 0.613. The molecule has 1 aliphatic rings. The summed E-state index contributed by atoms with van der Waals surface area (Å²) >= 11 is 7.29. The van der Waals surface area contributed by atoms with E-state index < -0.39 is 0 Å². The number of hydrazone groups is 1. The molecule has 1 atom stereocenters. The molecule has 0 radical (unpaired) electrons. The van der Waals surface area contributed by atoms with Crippen molar-refractivity contribution in [3.8, 4) is 0 Å². The van der Waals surface area contributed by atoms with E-state index in [0.29, 0.717) is 11.5 Å². The third kappa shape index (κ3) is 3.52. The molecule has 2 heterocycles. The molecule has 130 valence electrons. The van der Waals surface area contributed by atoms with Crippen molar-refractivity contribution in [2.75, 3.05) is 5.32 Å². The number of hydrogen-bond donors (Lipinski definition) is 1. The zero-order valence-electron chi connectivity index (χ0n) is 13.8. The summed E-state index contributed by atoms with van der Waals surface area (Å²) in [6.45, 7) is 0. The van der Waals surface area contributed by atoms with Crippen molar-refractivity contribution < 1.29 is 4.39 Å². The van der Waals surface area contributed by atoms with Crippen LogP contribution < -0.4 is 5.32 Å². The maximum atomic E-state index is 13.6. The SMILES string of the molecule is Fc1cccc(C2=NN(C(=S)Nc3ccccc3)[C@@H](c3cccs3)C2)c1. The van der Waals surface area contributed by atoms with Crippen LogP contribution in [0, 0.1) is 5.82 Å². The van der Waals surface area contributed by atoms with Crippen LogP contribution in [0.4, 0.5) is 10.1 Å². The molecule has 2 aromatic carbocycles. The Labute approximate surface area is 160 Å². The average molecular weight is 382 g/mol. The summed E-state index contributed by atoms with van der Waals surface area (Å²) in [5, 5.41) is 12.4. The minimum atomic E-state index is -0.263. The highest BCUT2D eigenvalue weighted by atomic mass is 32.1. The summed E-state index contributed by atoms with van der Waals surface area (Å²) < 4.78 is 13.6. The number of thiocarbonyl (C=S) groups is 1. The van der Waals surface area contributed by atoms with Crippen LogP contribution in [0.1, 0.15) is 22.9 Å². The molecule has 26 heavy (non-hydrogen) atoms. The van der Waals surface area contributed by atoms with Crippen molar-refractivity contribution >= 4 is 40.1 Å². The number of nitrogens with one attached hydrogen (secondary N) is 1. The lowest BCUT2D eigenvalue weighted by molar-refractivity contribution is 0.380. The topological polar surface area (TPSA) is 27.6 Å². The number of para-hydroxylation sites is 1. The predicted octanol–water partition coefficient (Wildman–Crippen LogP) is 5.44. The largest absolute Gasteiger partial charge is 0.331 e. The highest BCUT2D eigenvalue weighted by Gasteiger charge is 2.32. The minimum Gasteiger partial charge on any atom is -0.331 e. The molecule has 0 saturated heterocycles. The fourth-order valence-electron chi connectivity index (χ4n) is 2.94. The first-order valence-electron chi connectivity index (χ1n) is 8.23. The fourth-order valence-corrected chi connectivity index (χ4v) is 4.04. The molecule has 1 aromatic heterocycles. The van der Waals surface area contributed by atoms with E-state index in [4.69, 9.17) is 17.3 Å². The molecule has 0 amide bonds. The Kier molecular flexibility index (Phi) is 4.77. The first-order valence-corrected chi connectivity index (χ1v) is 9.51. The van der Waals surface area contributed by atoms with Crippen LogP contribution >= 0.6 is 23.6 Å². The summed E-state index contributed by atoms with van der Waals surface area (Å²) in [7, 11) is 0. The average Bonchev–Trinajstić information content (AvgIpc) is 3.32. The molecule has 1 aliphatic heterocycles. The summed E-state index contributed by atoms with van der Waals surface area (Å²) in [6, 6.07) is 20.4. The van der Waals surface area contributed by atoms with Crippen molar-refractivity contribution in [1.82, 2.24) is 5.01 Å². The van der Waals surface area contributed by atoms with E-state index in [-0.39, 0.29) is 11.9 Å². The number of anilines is 1. The molecular weight excluding hydrogens is 365 g/mol. The van der Waals surface area contributed by atoms with Crippen molar-refractivity contribution in [3.05, 3.63) is 88.4 Å². The lowest BCUT2D eigenvalue weighted by Gasteiger charge is -2.23. The van der Waals surface area contributed by atoms with Crippen molar-refractivity contribution in [2.45, 2.75) is 12.5 Å². The van der Waals surface area contributed by atoms with E-state index in [2.05, 4.69) is 11.4 Å². The maximum Gasteiger partial charge on any atom is 0.194 e. The molecule has 1 N–H and O–H groups in total. The highest BCUT2D eigenvalue weighted by Crippen LogP contribution is 2.35. The molecule has 0 bridgehead atoms. The van der Waals surface area contributed by atoms with E-state index in [9.17, 15) is 4.39 Å². The third-order valence-electron chi connectivity index (χ3n) is 4.17. The van der Waals surface area contributed by atoms with Gasteiger partial charge < -0.3 is 5.32 Å². The number of thiophene rings is 1. The molecule has 0 aliphatic carbocycles. The molecule has 0 fully saturated rings. The van der Waals surface area contributed by atoms with Gasteiger partial charge in [-0.25, -0.2) is 9.40 Å². The molecule has 0 saturated carbocycles. The minimum absolute atomic E-state index is 0.0111. The Balaban J connectivity index is 1.64. The Bertz CT molecular complexity index is 939. The van der Waals surface area contributed by atoms with Crippen LogP contribution in [0.2, 0.25) is 0 Å². The van der Waals surface area contributed by atoms with Gasteiger partial charge in [0, 0.05) is 22.5 Å². The van der Waals surface area contributed by atoms with Gasteiger partial charge in [0.25, 0.3) is 0 Å². The number of rotatable bonds is 3. The highest BCUT2D eigenvalue weighted by molar-refractivity contribution is 7.80. The lowest BCUT2D eigenvalue weighted by Crippen LogP contribution is -2.30. The number of benzene rings is 2. The molecule has 4 rings (SSSR count). The van der Waals surface area contributed by atoms with Gasteiger partial charge in [0.2, 0.25) is 0 Å². The smallest absolute Gasteiger partial charge is 0.194 e. The Hall–Kier alpha value is -2.57. The van der Waals surface area contributed by atoms with Crippen LogP contribution in [-0.4, -0.2) is 15.8 Å². The molecule has 0 spiro atoms. The number of hydrogen-bond acceptors (Lipinski definition) is 3. The Morgan fingerprint density at radius 2 is 1.96 bits per heavy atom. The van der Waals surface area contributed by atoms with Crippen LogP contribution in [0.3, 0.4) is 0 Å². The standard InChI is InChI=1S/C20H16FN3S2/c21-15-7-4-6-14(12-15)17-13-18(19-10-5-11-26-19)24(23-17)20(25)22-16-8-2-1-3-9-16/h1-12,18H,13H2,(H,22,25)/t18-/m1/s1. The second-order valence-electron chi connectivity index (χ2n) is 5.93. The van der Waals surface area contributed by atoms with Crippen molar-refractivity contribution in [2.24, 2.45) is 5.10 Å². The molecule has 3 nitrogen and oxygen atoms in total. The molecular formula is C20H16FN3S2. The molecule has 0 unspecified atom stereocenters. The van der Waals surface area contributed by atoms with Crippen molar-refractivity contribution in [1.29, 1.82) is 0 Å². The monoisotopic (exact) mass is 381 g/mol. The fraction of sp³-hybridized carbons (Fsp3) is 0.100. The normalized spacial score (nSPS) is 16.4. The van der Waals surface area contributed by atoms with Gasteiger partial charge in [0.1, 0.15) is 5.82 Å². The summed E-state index contributed by atoms with van der Waals surface area (Å²) in [4.78, 5) is 1.18. The van der Waals surface area contributed by atoms with Gasteiger partial charge >= 0.3 is 0 Å². The van der Waals surface area contributed by atoms with Gasteiger partial charge in [-0.1, -0.05) is 36.4 Å². The molecule has 6 heteroatoms. The van der Waals surface area contributed by atoms with Crippen LogP contribution in [0.15, 0.2) is 77.2 Å². The Morgan fingerprint density at radius 3 is 2.69 bits per heavy atom. The van der Waals surface area contributed by atoms with E-state index >= 15 is 0 Å². The van der Waals surface area contributed by atoms with E-state index in [1.54, 1.807) is 17.4 Å². The second-order valence-corrected chi connectivity index (χ2v) is 7.30. The first kappa shape index (κ1) is 16.9. The van der Waals surface area contributed by atoms with Crippen molar-refractivity contribution in [3.63, 3.8) is 0 Å². The Morgan fingerprint density at radius 1 is 1.12 bits per heavy atom. The van der Waals surface area contributed by atoms with Gasteiger partial charge in [-0.05, 0) is 47.9 Å².